The molecule has 0 aromatic rings. The first-order valence-corrected chi connectivity index (χ1v) is 12.8. The van der Waals surface area contributed by atoms with Crippen LogP contribution in [0.2, 0.25) is 0 Å². The van der Waals surface area contributed by atoms with Crippen LogP contribution in [-0.4, -0.2) is 48.0 Å². The monoisotopic (exact) mass is 518 g/mol. The molecule has 0 unspecified atom stereocenters. The summed E-state index contributed by atoms with van der Waals surface area (Å²) in [5.41, 5.74) is 0. The zero-order valence-corrected chi connectivity index (χ0v) is 18.8. The topological polar surface area (TPSA) is 259 Å². The van der Waals surface area contributed by atoms with Crippen LogP contribution in [0.4, 0.5) is 0 Å². The Morgan fingerprint density at radius 1 is 0.480 bits per heavy atom. The Hall–Kier alpha value is 1.62. The molecule has 0 fully saturated rings. The molecule has 0 amide bonds. The third kappa shape index (κ3) is 20.2. The summed E-state index contributed by atoms with van der Waals surface area (Å²) in [6.45, 7) is -1.55. The van der Waals surface area contributed by atoms with Gasteiger partial charge in [-0.3, -0.25) is 9.80 Å². The molecule has 14 nitrogen and oxygen atoms in total. The molecule has 0 aromatic heterocycles. The number of nitrogens with zero attached hydrogens (tertiary/aromatic N) is 2. The van der Waals surface area contributed by atoms with Gasteiger partial charge in [0.05, 0.1) is 0 Å². The molecule has 0 saturated heterocycles. The predicted molar refractivity (Wildman–Crippen MR) is 63.3 cm³/mol. The maximum atomic E-state index is 10.7. The van der Waals surface area contributed by atoms with Crippen LogP contribution in [0, 0.1) is 0 Å². The van der Waals surface area contributed by atoms with E-state index in [2.05, 4.69) is 0 Å². The van der Waals surface area contributed by atoms with E-state index in [1.807, 2.05) is 0 Å². The Morgan fingerprint density at radius 3 is 0.760 bits per heavy atom. The van der Waals surface area contributed by atoms with Crippen LogP contribution in [0.15, 0.2) is 0 Å². The van der Waals surface area contributed by atoms with Gasteiger partial charge in [-0.1, -0.05) is 30.4 Å². The van der Waals surface area contributed by atoms with Gasteiger partial charge < -0.3 is 57.4 Å². The van der Waals surface area contributed by atoms with E-state index >= 15 is 0 Å². The molecular weight excluding hydrogens is 506 g/mol. The standard InChI is InChI=1S/C6H20N2O12P4.Y/c9-21(10,11)3-7(4-22(12,13)14)1-2-8(5-23(15,16)17)6-24(18,19)20;/h1-6H2,(H2,9,10,11)(H2,12,13,14)(H2,15,16,17)(H2,18,19,20);/q;+3/p-8/i;1+1. The first-order valence-electron chi connectivity index (χ1n) is 5.85. The van der Waals surface area contributed by atoms with E-state index in [1.54, 1.807) is 0 Å². The quantitative estimate of drug-likeness (QED) is 0.230. The smallest absolute Gasteiger partial charge is 0.810 e. The fourth-order valence-electron chi connectivity index (χ4n) is 1.63. The van der Waals surface area contributed by atoms with Gasteiger partial charge in [-0.2, -0.15) is 0 Å². The van der Waals surface area contributed by atoms with Gasteiger partial charge in [-0.25, -0.2) is 0 Å². The molecular formula is C6H12N2O12P4Y-5. The van der Waals surface area contributed by atoms with Crippen molar-refractivity contribution in [1.82, 2.24) is 9.80 Å². The van der Waals surface area contributed by atoms with E-state index in [-0.39, 0.29) is 32.7 Å². The molecule has 25 heavy (non-hydrogen) atoms. The molecule has 19 heteroatoms. The summed E-state index contributed by atoms with van der Waals surface area (Å²) in [4.78, 5) is 85.9. The van der Waals surface area contributed by atoms with Crippen LogP contribution < -0.4 is 39.1 Å². The van der Waals surface area contributed by atoms with Crippen LogP contribution >= 0.6 is 30.4 Å². The van der Waals surface area contributed by atoms with E-state index in [0.717, 1.165) is 0 Å². The van der Waals surface area contributed by atoms with Gasteiger partial charge in [-0.05, 0) is 0 Å². The van der Waals surface area contributed by atoms with Gasteiger partial charge in [0.2, 0.25) is 0 Å². The van der Waals surface area contributed by atoms with Crippen molar-refractivity contribution in [1.29, 1.82) is 0 Å². The molecule has 0 rings (SSSR count). The van der Waals surface area contributed by atoms with Gasteiger partial charge in [0.25, 0.3) is 0 Å². The van der Waals surface area contributed by atoms with Crippen molar-refractivity contribution < 1.29 is 90.1 Å². The fraction of sp³-hybridized carbons (Fsp3) is 1.00. The minimum absolute atomic E-state index is 0. The molecule has 0 atom stereocenters. The number of hydrogen-bond donors (Lipinski definition) is 0. The van der Waals surface area contributed by atoms with Crippen molar-refractivity contribution in [2.24, 2.45) is 0 Å². The molecule has 0 heterocycles. The molecule has 0 N–H and O–H groups in total. The summed E-state index contributed by atoms with van der Waals surface area (Å²) >= 11 is 0. The van der Waals surface area contributed by atoms with Crippen molar-refractivity contribution >= 4 is 30.4 Å². The minimum Gasteiger partial charge on any atom is -0.810 e. The molecule has 0 aliphatic rings. The van der Waals surface area contributed by atoms with Gasteiger partial charge in [0.15, 0.2) is 0 Å². The molecule has 0 aliphatic heterocycles. The Labute approximate surface area is 168 Å². The van der Waals surface area contributed by atoms with E-state index < -0.39 is 68.6 Å². The normalized spacial score (nSPS) is 14.0. The van der Waals surface area contributed by atoms with Gasteiger partial charge in [-0.15, -0.1) is 0 Å². The Balaban J connectivity index is 0. The second-order valence-electron chi connectivity index (χ2n) is 4.80. The van der Waals surface area contributed by atoms with Crippen LogP contribution in [0.25, 0.3) is 0 Å². The summed E-state index contributed by atoms with van der Waals surface area (Å²) < 4.78 is 42.7. The van der Waals surface area contributed by atoms with Crippen molar-refractivity contribution in [3.63, 3.8) is 0 Å². The molecule has 0 saturated carbocycles. The predicted octanol–water partition coefficient (Wildman–Crippen LogP) is -6.93. The summed E-state index contributed by atoms with van der Waals surface area (Å²) in [5, 5.41) is 0. The maximum absolute atomic E-state index is 10.7. The third-order valence-electron chi connectivity index (χ3n) is 2.23. The zero-order chi connectivity index (χ0) is 19.4. The largest absolute Gasteiger partial charge is 3.00 e. The zero-order valence-electron chi connectivity index (χ0n) is 12.4. The Bertz CT molecular complexity index is 492. The van der Waals surface area contributed by atoms with Crippen LogP contribution in [0.3, 0.4) is 0 Å². The van der Waals surface area contributed by atoms with Gasteiger partial charge >= 0.3 is 32.7 Å². The average molecular weight is 518 g/mol. The first kappa shape index (κ1) is 28.8. The SMILES string of the molecule is O=P([O-])([O-])CN(CCN(CP(=O)([O-])[O-])CP(=O)([O-])[O-])CP(=O)([O-])[O-].[90Y+3]. The van der Waals surface area contributed by atoms with Gasteiger partial charge in [0.1, 0.15) is 0 Å². The van der Waals surface area contributed by atoms with E-state index in [1.165, 1.54) is 0 Å². The Morgan fingerprint density at radius 2 is 0.640 bits per heavy atom. The van der Waals surface area contributed by atoms with Crippen molar-refractivity contribution in [3.8, 4) is 0 Å². The van der Waals surface area contributed by atoms with E-state index in [9.17, 15) is 57.4 Å². The fourth-order valence-corrected chi connectivity index (χ4v) is 4.88. The average Bonchev–Trinajstić information content (AvgIpc) is 2.16. The van der Waals surface area contributed by atoms with Crippen molar-refractivity contribution in [2.75, 3.05) is 38.2 Å². The van der Waals surface area contributed by atoms with E-state index in [4.69, 9.17) is 0 Å². The maximum Gasteiger partial charge on any atom is 3.00 e. The van der Waals surface area contributed by atoms with Crippen molar-refractivity contribution in [3.05, 3.63) is 0 Å². The Kier molecular flexibility index (Phi) is 12.7. The molecule has 146 valence electrons. The molecule has 0 aliphatic carbocycles. The summed E-state index contributed by atoms with van der Waals surface area (Å²) in [5.74, 6) is 0. The summed E-state index contributed by atoms with van der Waals surface area (Å²) in [6, 6.07) is 0. The first-order chi connectivity index (χ1) is 10.4. The summed E-state index contributed by atoms with van der Waals surface area (Å²) in [6.07, 6.45) is -5.63. The second kappa shape index (κ2) is 11.0. The molecule has 0 radical (unpaired) electrons. The number of hydrogen-bond acceptors (Lipinski definition) is 14. The van der Waals surface area contributed by atoms with Crippen LogP contribution in [0.1, 0.15) is 0 Å². The number of rotatable bonds is 11. The molecule has 0 spiro atoms. The van der Waals surface area contributed by atoms with Gasteiger partial charge in [0, 0.05) is 38.2 Å². The summed E-state index contributed by atoms with van der Waals surface area (Å²) in [7, 11) is -21.2. The second-order valence-corrected chi connectivity index (χ2v) is 10.8. The minimum atomic E-state index is -5.30. The van der Waals surface area contributed by atoms with Crippen molar-refractivity contribution in [2.45, 2.75) is 0 Å². The molecule has 0 aromatic carbocycles. The van der Waals surface area contributed by atoms with Crippen LogP contribution in [-0.2, 0) is 51.0 Å². The van der Waals surface area contributed by atoms with Crippen LogP contribution in [0.5, 0.6) is 0 Å². The van der Waals surface area contributed by atoms with E-state index in [0.29, 0.717) is 9.80 Å². The third-order valence-corrected chi connectivity index (χ3v) is 5.21. The molecule has 0 bridgehead atoms.